The van der Waals surface area contributed by atoms with Crippen LogP contribution in [0.1, 0.15) is 54.9 Å². The molecule has 1 atom stereocenters. The van der Waals surface area contributed by atoms with Gasteiger partial charge in [-0.1, -0.05) is 6.92 Å². The lowest BCUT2D eigenvalue weighted by Crippen LogP contribution is -2.58. The molecule has 2 aliphatic heterocycles. The number of piperazine rings is 1. The lowest BCUT2D eigenvalue weighted by Gasteiger charge is -2.49. The second-order valence-electron chi connectivity index (χ2n) is 8.92. The van der Waals surface area contributed by atoms with Crippen LogP contribution < -0.4 is 0 Å². The maximum absolute atomic E-state index is 2.74. The summed E-state index contributed by atoms with van der Waals surface area (Å²) in [5.41, 5.74) is 0.348. The van der Waals surface area contributed by atoms with Gasteiger partial charge in [-0.3, -0.25) is 9.80 Å². The summed E-state index contributed by atoms with van der Waals surface area (Å²) < 4.78 is 0. The van der Waals surface area contributed by atoms with Crippen LogP contribution in [0.15, 0.2) is 0 Å². The topological polar surface area (TPSA) is 9.72 Å². The Bertz CT molecular complexity index is 337. The van der Waals surface area contributed by atoms with Gasteiger partial charge < -0.3 is 4.90 Å². The first-order valence-electron chi connectivity index (χ1n) is 9.44. The third kappa shape index (κ3) is 4.24. The summed E-state index contributed by atoms with van der Waals surface area (Å²) in [5.74, 6) is 1.76. The summed E-state index contributed by atoms with van der Waals surface area (Å²) in [4.78, 5) is 7.96. The van der Waals surface area contributed by atoms with E-state index >= 15 is 0 Å². The van der Waals surface area contributed by atoms with E-state index < -0.39 is 0 Å². The molecule has 2 rings (SSSR count). The number of nitrogens with zero attached hydrogens (tertiary/aromatic N) is 3. The Kier molecular flexibility index (Phi) is 5.95. The second-order valence-corrected chi connectivity index (χ2v) is 8.92. The minimum atomic E-state index is 0.348. The Labute approximate surface area is 139 Å². The van der Waals surface area contributed by atoms with E-state index in [4.69, 9.17) is 0 Å². The van der Waals surface area contributed by atoms with Gasteiger partial charge in [-0.05, 0) is 59.8 Å². The zero-order chi connectivity index (χ0) is 16.5. The van der Waals surface area contributed by atoms with Crippen molar-refractivity contribution in [1.29, 1.82) is 0 Å². The van der Waals surface area contributed by atoms with Crippen LogP contribution in [0.3, 0.4) is 0 Å². The average molecular weight is 310 g/mol. The van der Waals surface area contributed by atoms with E-state index in [2.05, 4.69) is 63.2 Å². The van der Waals surface area contributed by atoms with E-state index in [1.165, 1.54) is 45.7 Å². The lowest BCUT2D eigenvalue weighted by atomic mass is 9.78. The molecule has 1 unspecified atom stereocenters. The molecule has 0 aliphatic carbocycles. The molecule has 0 radical (unpaired) electrons. The number of hydrogen-bond acceptors (Lipinski definition) is 3. The SMILES string of the molecule is CC(CC(C)(C)N1CCN(C(C)C)CC1)C1CN(C(C)C)C1. The first-order chi connectivity index (χ1) is 10.2. The van der Waals surface area contributed by atoms with Gasteiger partial charge >= 0.3 is 0 Å². The zero-order valence-electron chi connectivity index (χ0n) is 16.1. The molecule has 0 aromatic carbocycles. The Morgan fingerprint density at radius 1 is 0.818 bits per heavy atom. The molecular weight excluding hydrogens is 270 g/mol. The Balaban J connectivity index is 1.79. The van der Waals surface area contributed by atoms with Gasteiger partial charge in [-0.25, -0.2) is 0 Å². The highest BCUT2D eigenvalue weighted by atomic mass is 15.3. The smallest absolute Gasteiger partial charge is 0.0157 e. The van der Waals surface area contributed by atoms with Crippen molar-refractivity contribution in [2.75, 3.05) is 39.3 Å². The molecule has 130 valence electrons. The fourth-order valence-corrected chi connectivity index (χ4v) is 4.26. The van der Waals surface area contributed by atoms with Gasteiger partial charge in [0.1, 0.15) is 0 Å². The van der Waals surface area contributed by atoms with Crippen LogP contribution in [0.2, 0.25) is 0 Å². The molecule has 3 nitrogen and oxygen atoms in total. The fraction of sp³-hybridized carbons (Fsp3) is 1.00. The molecule has 0 aromatic heterocycles. The third-order valence-electron chi connectivity index (χ3n) is 6.20. The van der Waals surface area contributed by atoms with Crippen LogP contribution in [-0.4, -0.2) is 71.6 Å². The Morgan fingerprint density at radius 3 is 1.77 bits per heavy atom. The summed E-state index contributed by atoms with van der Waals surface area (Å²) in [6.45, 7) is 24.3. The van der Waals surface area contributed by atoms with Crippen LogP contribution in [-0.2, 0) is 0 Å². The molecular formula is C19H39N3. The van der Waals surface area contributed by atoms with Crippen molar-refractivity contribution in [1.82, 2.24) is 14.7 Å². The predicted molar refractivity (Wildman–Crippen MR) is 96.3 cm³/mol. The zero-order valence-corrected chi connectivity index (χ0v) is 16.1. The van der Waals surface area contributed by atoms with E-state index in [0.29, 0.717) is 11.6 Å². The van der Waals surface area contributed by atoms with Crippen molar-refractivity contribution >= 4 is 0 Å². The highest BCUT2D eigenvalue weighted by Crippen LogP contribution is 2.33. The van der Waals surface area contributed by atoms with Gasteiger partial charge in [-0.15, -0.1) is 0 Å². The summed E-state index contributed by atoms with van der Waals surface area (Å²) in [5, 5.41) is 0. The summed E-state index contributed by atoms with van der Waals surface area (Å²) in [6, 6.07) is 1.42. The number of rotatable bonds is 6. The van der Waals surface area contributed by atoms with E-state index in [1.54, 1.807) is 0 Å². The van der Waals surface area contributed by atoms with Crippen LogP contribution in [0.25, 0.3) is 0 Å². The molecule has 3 heteroatoms. The molecule has 2 aliphatic rings. The summed E-state index contributed by atoms with van der Waals surface area (Å²) >= 11 is 0. The van der Waals surface area contributed by atoms with E-state index in [1.807, 2.05) is 0 Å². The molecule has 0 saturated carbocycles. The predicted octanol–water partition coefficient (Wildman–Crippen LogP) is 3.16. The van der Waals surface area contributed by atoms with Crippen molar-refractivity contribution < 1.29 is 0 Å². The van der Waals surface area contributed by atoms with Gasteiger partial charge in [0.05, 0.1) is 0 Å². The van der Waals surface area contributed by atoms with Gasteiger partial charge in [0.25, 0.3) is 0 Å². The fourth-order valence-electron chi connectivity index (χ4n) is 4.26. The minimum Gasteiger partial charge on any atom is -0.300 e. The van der Waals surface area contributed by atoms with Crippen molar-refractivity contribution in [3.8, 4) is 0 Å². The first kappa shape index (κ1) is 18.2. The molecule has 2 heterocycles. The van der Waals surface area contributed by atoms with Gasteiger partial charge in [0.2, 0.25) is 0 Å². The third-order valence-corrected chi connectivity index (χ3v) is 6.20. The molecule has 0 aromatic rings. The van der Waals surface area contributed by atoms with E-state index in [-0.39, 0.29) is 0 Å². The standard InChI is InChI=1S/C19H39N3/c1-15(2)20-8-10-22(11-9-20)19(6,7)12-17(5)18-13-21(14-18)16(3)4/h15-18H,8-14H2,1-7H3. The van der Waals surface area contributed by atoms with Crippen molar-refractivity contribution in [3.05, 3.63) is 0 Å². The van der Waals surface area contributed by atoms with Gasteiger partial charge in [0.15, 0.2) is 0 Å². The van der Waals surface area contributed by atoms with Crippen molar-refractivity contribution in [2.24, 2.45) is 11.8 Å². The highest BCUT2D eigenvalue weighted by Gasteiger charge is 2.37. The lowest BCUT2D eigenvalue weighted by molar-refractivity contribution is -0.00614. The van der Waals surface area contributed by atoms with Crippen molar-refractivity contribution in [3.63, 3.8) is 0 Å². The molecule has 2 saturated heterocycles. The highest BCUT2D eigenvalue weighted by molar-refractivity contribution is 4.92. The van der Waals surface area contributed by atoms with E-state index in [0.717, 1.165) is 17.9 Å². The quantitative estimate of drug-likeness (QED) is 0.746. The molecule has 0 bridgehead atoms. The molecule has 2 fully saturated rings. The maximum Gasteiger partial charge on any atom is 0.0157 e. The van der Waals surface area contributed by atoms with Crippen LogP contribution in [0.4, 0.5) is 0 Å². The van der Waals surface area contributed by atoms with Crippen molar-refractivity contribution in [2.45, 2.75) is 72.5 Å². The van der Waals surface area contributed by atoms with Crippen LogP contribution in [0, 0.1) is 11.8 Å². The monoisotopic (exact) mass is 309 g/mol. The normalized spacial score (nSPS) is 25.0. The average Bonchev–Trinajstić information content (AvgIpc) is 2.35. The molecule has 0 amide bonds. The summed E-state index contributed by atoms with van der Waals surface area (Å²) in [7, 11) is 0. The largest absolute Gasteiger partial charge is 0.300 e. The number of hydrogen-bond donors (Lipinski definition) is 0. The Hall–Kier alpha value is -0.120. The van der Waals surface area contributed by atoms with E-state index in [9.17, 15) is 0 Å². The molecule has 0 spiro atoms. The number of likely N-dealkylation sites (tertiary alicyclic amines) is 1. The first-order valence-corrected chi connectivity index (χ1v) is 9.44. The second kappa shape index (κ2) is 7.19. The summed E-state index contributed by atoms with van der Waals surface area (Å²) in [6.07, 6.45) is 1.34. The molecule has 0 N–H and O–H groups in total. The van der Waals surface area contributed by atoms with Gasteiger partial charge in [-0.2, -0.15) is 0 Å². The molecule has 22 heavy (non-hydrogen) atoms. The van der Waals surface area contributed by atoms with Crippen LogP contribution in [0.5, 0.6) is 0 Å². The Morgan fingerprint density at radius 2 is 1.32 bits per heavy atom. The maximum atomic E-state index is 2.74. The van der Waals surface area contributed by atoms with Crippen LogP contribution >= 0.6 is 0 Å². The van der Waals surface area contributed by atoms with Gasteiger partial charge in [0, 0.05) is 56.9 Å². The minimum absolute atomic E-state index is 0.348.